The van der Waals surface area contributed by atoms with Crippen molar-refractivity contribution in [3.8, 4) is 5.88 Å². The van der Waals surface area contributed by atoms with Gasteiger partial charge in [-0.25, -0.2) is 0 Å². The fourth-order valence-corrected chi connectivity index (χ4v) is 1.40. The van der Waals surface area contributed by atoms with Crippen molar-refractivity contribution >= 4 is 28.2 Å². The van der Waals surface area contributed by atoms with Crippen LogP contribution in [0.5, 0.6) is 5.88 Å². The molecule has 0 bridgehead atoms. The van der Waals surface area contributed by atoms with Crippen LogP contribution in [0.2, 0.25) is 5.02 Å². The van der Waals surface area contributed by atoms with Gasteiger partial charge in [0.15, 0.2) is 5.69 Å². The Labute approximate surface area is 78.1 Å². The molecule has 0 radical (unpaired) electrons. The van der Waals surface area contributed by atoms with E-state index in [1.807, 2.05) is 0 Å². The monoisotopic (exact) mass is 196 g/mol. The molecule has 0 aliphatic heterocycles. The van der Waals surface area contributed by atoms with Gasteiger partial charge in [0.2, 0.25) is 5.88 Å². The van der Waals surface area contributed by atoms with Crippen molar-refractivity contribution < 1.29 is 5.11 Å². The van der Waals surface area contributed by atoms with Crippen LogP contribution < -0.4 is 0 Å². The Balaban J connectivity index is 2.88. The van der Waals surface area contributed by atoms with Crippen molar-refractivity contribution in [3.05, 3.63) is 28.1 Å². The van der Waals surface area contributed by atoms with Gasteiger partial charge in [0.05, 0.1) is 5.52 Å². The number of nitrogens with zero attached hydrogens (tertiary/aromatic N) is 1. The van der Waals surface area contributed by atoms with Gasteiger partial charge in [0, 0.05) is 10.4 Å². The number of aromatic hydroxyl groups is 1. The molecule has 0 atom stereocenters. The van der Waals surface area contributed by atoms with Crippen LogP contribution in [0.15, 0.2) is 23.4 Å². The maximum absolute atomic E-state index is 10.3. The Morgan fingerprint density at radius 3 is 2.92 bits per heavy atom. The molecular formula is C8H5ClN2O2. The highest BCUT2D eigenvalue weighted by Crippen LogP contribution is 2.35. The number of aromatic nitrogens is 1. The minimum Gasteiger partial charge on any atom is -0.493 e. The summed E-state index contributed by atoms with van der Waals surface area (Å²) in [6.07, 6.45) is 0. The third-order valence-electron chi connectivity index (χ3n) is 1.81. The average molecular weight is 197 g/mol. The number of rotatable bonds is 1. The van der Waals surface area contributed by atoms with Gasteiger partial charge < -0.3 is 10.1 Å². The average Bonchev–Trinajstić information content (AvgIpc) is 2.40. The maximum atomic E-state index is 10.3. The van der Waals surface area contributed by atoms with E-state index in [2.05, 4.69) is 10.2 Å². The summed E-state index contributed by atoms with van der Waals surface area (Å²) in [4.78, 5) is 12.9. The third-order valence-corrected chi connectivity index (χ3v) is 2.04. The van der Waals surface area contributed by atoms with Crippen LogP contribution in [0.1, 0.15) is 0 Å². The number of halogens is 1. The SMILES string of the molecule is O=Nc1c(O)[nH]c2ccc(Cl)cc12. The summed E-state index contributed by atoms with van der Waals surface area (Å²) in [5, 5.41) is 13.0. The topological polar surface area (TPSA) is 65.4 Å². The molecule has 0 amide bonds. The molecule has 4 nitrogen and oxygen atoms in total. The lowest BCUT2D eigenvalue weighted by atomic mass is 10.2. The predicted octanol–water partition coefficient (Wildman–Crippen LogP) is 2.92. The van der Waals surface area contributed by atoms with Gasteiger partial charge in [0.25, 0.3) is 0 Å². The number of nitrogens with one attached hydrogen (secondary N) is 1. The van der Waals surface area contributed by atoms with Crippen LogP contribution in [0.25, 0.3) is 10.9 Å². The maximum Gasteiger partial charge on any atom is 0.219 e. The highest BCUT2D eigenvalue weighted by atomic mass is 35.5. The molecule has 1 aromatic carbocycles. The summed E-state index contributed by atoms with van der Waals surface area (Å²) in [5.74, 6) is -0.229. The lowest BCUT2D eigenvalue weighted by molar-refractivity contribution is 0.460. The number of hydrogen-bond donors (Lipinski definition) is 2. The smallest absolute Gasteiger partial charge is 0.219 e. The van der Waals surface area contributed by atoms with E-state index in [1.54, 1.807) is 18.2 Å². The molecule has 2 rings (SSSR count). The van der Waals surface area contributed by atoms with Crippen LogP contribution in [-0.2, 0) is 0 Å². The molecule has 0 aliphatic carbocycles. The van der Waals surface area contributed by atoms with E-state index in [0.717, 1.165) is 0 Å². The van der Waals surface area contributed by atoms with Crippen molar-refractivity contribution in [1.29, 1.82) is 0 Å². The van der Waals surface area contributed by atoms with E-state index < -0.39 is 0 Å². The van der Waals surface area contributed by atoms with E-state index in [4.69, 9.17) is 11.6 Å². The van der Waals surface area contributed by atoms with Crippen LogP contribution in [0.4, 0.5) is 5.69 Å². The number of hydrogen-bond acceptors (Lipinski definition) is 3. The van der Waals surface area contributed by atoms with Gasteiger partial charge in [-0.3, -0.25) is 0 Å². The third kappa shape index (κ3) is 1.15. The second-order valence-corrected chi connectivity index (χ2v) is 3.04. The van der Waals surface area contributed by atoms with Gasteiger partial charge >= 0.3 is 0 Å². The zero-order chi connectivity index (χ0) is 9.42. The molecule has 66 valence electrons. The molecule has 5 heteroatoms. The summed E-state index contributed by atoms with van der Waals surface area (Å²) < 4.78 is 0. The highest BCUT2D eigenvalue weighted by molar-refractivity contribution is 6.31. The molecule has 1 heterocycles. The van der Waals surface area contributed by atoms with Crippen LogP contribution in [-0.4, -0.2) is 10.1 Å². The standard InChI is InChI=1S/C8H5ClN2O2/c9-4-1-2-6-5(3-4)7(11-13)8(12)10-6/h1-3,10,12H. The molecule has 0 saturated heterocycles. The first-order valence-electron chi connectivity index (χ1n) is 3.56. The van der Waals surface area contributed by atoms with Crippen LogP contribution in [0, 0.1) is 4.91 Å². The normalized spacial score (nSPS) is 10.5. The van der Waals surface area contributed by atoms with Crippen molar-refractivity contribution in [2.24, 2.45) is 5.18 Å². The summed E-state index contributed by atoms with van der Waals surface area (Å²) in [5.41, 5.74) is 0.633. The first-order valence-corrected chi connectivity index (χ1v) is 3.93. The van der Waals surface area contributed by atoms with Crippen molar-refractivity contribution in [2.45, 2.75) is 0 Å². The molecule has 0 spiro atoms. The fraction of sp³-hybridized carbons (Fsp3) is 0. The van der Waals surface area contributed by atoms with Crippen LogP contribution in [0.3, 0.4) is 0 Å². The van der Waals surface area contributed by atoms with Gasteiger partial charge in [-0.15, -0.1) is 4.91 Å². The summed E-state index contributed by atoms with van der Waals surface area (Å²) in [6.45, 7) is 0. The number of nitroso groups, excluding NO2 is 1. The number of fused-ring (bicyclic) bond motifs is 1. The molecule has 0 unspecified atom stereocenters. The molecule has 2 N–H and O–H groups in total. The number of benzene rings is 1. The minimum absolute atomic E-state index is 0.00231. The zero-order valence-electron chi connectivity index (χ0n) is 6.41. The van der Waals surface area contributed by atoms with E-state index in [1.165, 1.54) is 0 Å². The lowest BCUT2D eigenvalue weighted by Gasteiger charge is -1.89. The van der Waals surface area contributed by atoms with E-state index >= 15 is 0 Å². The molecule has 0 aliphatic rings. The zero-order valence-corrected chi connectivity index (χ0v) is 7.17. The molecule has 13 heavy (non-hydrogen) atoms. The quantitative estimate of drug-likeness (QED) is 0.689. The molecule has 2 aromatic rings. The number of aromatic amines is 1. The Kier molecular flexibility index (Phi) is 1.70. The second kappa shape index (κ2) is 2.74. The predicted molar refractivity (Wildman–Crippen MR) is 50.4 cm³/mol. The van der Waals surface area contributed by atoms with Gasteiger partial charge in [-0.2, -0.15) is 0 Å². The number of H-pyrrole nitrogens is 1. The van der Waals surface area contributed by atoms with Gasteiger partial charge in [-0.1, -0.05) is 11.6 Å². The van der Waals surface area contributed by atoms with E-state index in [-0.39, 0.29) is 11.6 Å². The molecule has 0 saturated carbocycles. The Morgan fingerprint density at radius 1 is 1.46 bits per heavy atom. The van der Waals surface area contributed by atoms with Crippen molar-refractivity contribution in [1.82, 2.24) is 4.98 Å². The van der Waals surface area contributed by atoms with Crippen LogP contribution >= 0.6 is 11.6 Å². The summed E-state index contributed by atoms with van der Waals surface area (Å²) in [7, 11) is 0. The first kappa shape index (κ1) is 8.07. The fourth-order valence-electron chi connectivity index (χ4n) is 1.23. The lowest BCUT2D eigenvalue weighted by Crippen LogP contribution is -1.66. The molecular weight excluding hydrogens is 192 g/mol. The largest absolute Gasteiger partial charge is 0.493 e. The molecule has 1 aromatic heterocycles. The van der Waals surface area contributed by atoms with Gasteiger partial charge in [-0.05, 0) is 23.4 Å². The Bertz CT molecular complexity index is 478. The van der Waals surface area contributed by atoms with E-state index in [9.17, 15) is 10.0 Å². The molecule has 0 fully saturated rings. The highest BCUT2D eigenvalue weighted by Gasteiger charge is 2.10. The summed E-state index contributed by atoms with van der Waals surface area (Å²) >= 11 is 5.72. The minimum atomic E-state index is -0.229. The van der Waals surface area contributed by atoms with Crippen molar-refractivity contribution in [2.75, 3.05) is 0 Å². The van der Waals surface area contributed by atoms with E-state index in [0.29, 0.717) is 15.9 Å². The first-order chi connectivity index (χ1) is 6.22. The van der Waals surface area contributed by atoms with Crippen molar-refractivity contribution in [3.63, 3.8) is 0 Å². The second-order valence-electron chi connectivity index (χ2n) is 2.60. The van der Waals surface area contributed by atoms with Gasteiger partial charge in [0.1, 0.15) is 0 Å². The Hall–Kier alpha value is -1.55. The Morgan fingerprint density at radius 2 is 2.23 bits per heavy atom. The summed E-state index contributed by atoms with van der Waals surface area (Å²) in [6, 6.07) is 4.91.